The first-order valence-corrected chi connectivity index (χ1v) is 6.11. The van der Waals surface area contributed by atoms with Gasteiger partial charge < -0.3 is 11.1 Å². The Morgan fingerprint density at radius 1 is 1.32 bits per heavy atom. The van der Waals surface area contributed by atoms with Gasteiger partial charge in [-0.3, -0.25) is 4.79 Å². The molecule has 0 unspecified atom stereocenters. The van der Waals surface area contributed by atoms with Gasteiger partial charge in [0.15, 0.2) is 0 Å². The number of anilines is 2. The van der Waals surface area contributed by atoms with Gasteiger partial charge in [-0.1, -0.05) is 0 Å². The Morgan fingerprint density at radius 3 is 2.53 bits per heavy atom. The lowest BCUT2D eigenvalue weighted by Crippen LogP contribution is -2.32. The van der Waals surface area contributed by atoms with Gasteiger partial charge in [-0.2, -0.15) is 0 Å². The highest BCUT2D eigenvalue weighted by molar-refractivity contribution is 5.95. The number of alkyl halides is 2. The van der Waals surface area contributed by atoms with E-state index < -0.39 is 17.7 Å². The van der Waals surface area contributed by atoms with Gasteiger partial charge >= 0.3 is 0 Å². The number of carbonyl (C=O) groups excluding carboxylic acids is 1. The van der Waals surface area contributed by atoms with Gasteiger partial charge in [-0.05, 0) is 31.0 Å². The average Bonchev–Trinajstić information content (AvgIpc) is 2.32. The van der Waals surface area contributed by atoms with Gasteiger partial charge in [0.05, 0.1) is 11.4 Å². The van der Waals surface area contributed by atoms with Crippen LogP contribution in [0.2, 0.25) is 0 Å². The van der Waals surface area contributed by atoms with Gasteiger partial charge in [-0.25, -0.2) is 13.2 Å². The van der Waals surface area contributed by atoms with Crippen LogP contribution in [0.15, 0.2) is 18.2 Å². The molecule has 2 rings (SSSR count). The van der Waals surface area contributed by atoms with Crippen LogP contribution in [0, 0.1) is 11.7 Å². The molecule has 1 aromatic rings. The zero-order chi connectivity index (χ0) is 14.0. The van der Waals surface area contributed by atoms with Crippen molar-refractivity contribution in [2.45, 2.75) is 31.6 Å². The van der Waals surface area contributed by atoms with Crippen LogP contribution in [0.25, 0.3) is 0 Å². The van der Waals surface area contributed by atoms with Crippen LogP contribution in [-0.4, -0.2) is 11.8 Å². The predicted molar refractivity (Wildman–Crippen MR) is 66.3 cm³/mol. The first-order valence-electron chi connectivity index (χ1n) is 6.11. The maximum atomic E-state index is 13.0. The molecule has 1 aliphatic rings. The third-order valence-corrected chi connectivity index (χ3v) is 3.36. The van der Waals surface area contributed by atoms with Crippen LogP contribution in [0.3, 0.4) is 0 Å². The number of rotatable bonds is 2. The number of benzene rings is 1. The highest BCUT2D eigenvalue weighted by Crippen LogP contribution is 2.36. The highest BCUT2D eigenvalue weighted by atomic mass is 19.3. The minimum absolute atomic E-state index is 0.120. The first kappa shape index (κ1) is 13.7. The molecule has 0 saturated heterocycles. The molecule has 1 saturated carbocycles. The van der Waals surface area contributed by atoms with E-state index in [9.17, 15) is 18.0 Å². The Morgan fingerprint density at radius 2 is 1.95 bits per heavy atom. The van der Waals surface area contributed by atoms with E-state index in [1.165, 1.54) is 12.1 Å². The zero-order valence-corrected chi connectivity index (χ0v) is 10.3. The average molecular weight is 272 g/mol. The summed E-state index contributed by atoms with van der Waals surface area (Å²) in [5.41, 5.74) is 6.00. The maximum Gasteiger partial charge on any atom is 0.248 e. The summed E-state index contributed by atoms with van der Waals surface area (Å²) in [6, 6.07) is 3.64. The molecule has 1 aromatic carbocycles. The molecule has 1 aliphatic carbocycles. The molecule has 3 nitrogen and oxygen atoms in total. The van der Waals surface area contributed by atoms with E-state index in [2.05, 4.69) is 5.32 Å². The fraction of sp³-hybridized carbons (Fsp3) is 0.462. The Bertz CT molecular complexity index is 481. The van der Waals surface area contributed by atoms with Crippen molar-refractivity contribution in [2.75, 3.05) is 11.1 Å². The van der Waals surface area contributed by atoms with Crippen LogP contribution in [0.5, 0.6) is 0 Å². The topological polar surface area (TPSA) is 55.1 Å². The molecule has 6 heteroatoms. The minimum atomic E-state index is -2.66. The van der Waals surface area contributed by atoms with E-state index in [1.54, 1.807) is 0 Å². The molecular formula is C13H15F3N2O. The van der Waals surface area contributed by atoms with E-state index in [-0.39, 0.29) is 37.3 Å². The molecular weight excluding hydrogens is 257 g/mol. The molecule has 19 heavy (non-hydrogen) atoms. The number of amides is 1. The second-order valence-corrected chi connectivity index (χ2v) is 4.85. The lowest BCUT2D eigenvalue weighted by molar-refractivity contribution is -0.124. The van der Waals surface area contributed by atoms with Crippen molar-refractivity contribution in [3.63, 3.8) is 0 Å². The van der Waals surface area contributed by atoms with Crippen molar-refractivity contribution in [1.29, 1.82) is 0 Å². The van der Waals surface area contributed by atoms with Crippen LogP contribution in [0.1, 0.15) is 25.7 Å². The summed E-state index contributed by atoms with van der Waals surface area (Å²) in [6.07, 6.45) is -0.242. The Balaban J connectivity index is 1.98. The normalized spacial score (nSPS) is 19.1. The largest absolute Gasteiger partial charge is 0.397 e. The van der Waals surface area contributed by atoms with Gasteiger partial charge in [0.1, 0.15) is 5.82 Å². The van der Waals surface area contributed by atoms with Gasteiger partial charge in [0, 0.05) is 18.8 Å². The number of halogens is 3. The third-order valence-electron chi connectivity index (χ3n) is 3.36. The van der Waals surface area contributed by atoms with Crippen LogP contribution in [-0.2, 0) is 4.79 Å². The molecule has 0 aromatic heterocycles. The lowest BCUT2D eigenvalue weighted by atomic mass is 9.86. The van der Waals surface area contributed by atoms with Crippen molar-refractivity contribution in [3.8, 4) is 0 Å². The summed E-state index contributed by atoms with van der Waals surface area (Å²) in [5, 5.41) is 2.56. The summed E-state index contributed by atoms with van der Waals surface area (Å²) in [4.78, 5) is 11.9. The Kier molecular flexibility index (Phi) is 3.68. The summed E-state index contributed by atoms with van der Waals surface area (Å²) >= 11 is 0. The molecule has 1 fully saturated rings. The van der Waals surface area contributed by atoms with Crippen LogP contribution in [0.4, 0.5) is 24.5 Å². The molecule has 0 radical (unpaired) electrons. The molecule has 0 atom stereocenters. The summed E-state index contributed by atoms with van der Waals surface area (Å²) in [6.45, 7) is 0. The van der Waals surface area contributed by atoms with Gasteiger partial charge in [0.25, 0.3) is 0 Å². The number of hydrogen-bond acceptors (Lipinski definition) is 2. The SMILES string of the molecule is Nc1cc(F)ccc1NC(=O)C1CCC(F)(F)CC1. The van der Waals surface area contributed by atoms with Gasteiger partial charge in [0.2, 0.25) is 11.8 Å². The monoisotopic (exact) mass is 272 g/mol. The Labute approximate surface area is 109 Å². The van der Waals surface area contributed by atoms with Crippen LogP contribution < -0.4 is 11.1 Å². The second-order valence-electron chi connectivity index (χ2n) is 4.85. The van der Waals surface area contributed by atoms with Crippen molar-refractivity contribution in [1.82, 2.24) is 0 Å². The van der Waals surface area contributed by atoms with Crippen molar-refractivity contribution >= 4 is 17.3 Å². The molecule has 0 spiro atoms. The number of hydrogen-bond donors (Lipinski definition) is 2. The van der Waals surface area contributed by atoms with E-state index in [4.69, 9.17) is 5.73 Å². The fourth-order valence-corrected chi connectivity index (χ4v) is 2.18. The second kappa shape index (κ2) is 5.11. The minimum Gasteiger partial charge on any atom is -0.397 e. The third kappa shape index (κ3) is 3.39. The van der Waals surface area contributed by atoms with Crippen molar-refractivity contribution < 1.29 is 18.0 Å². The predicted octanol–water partition coefficient (Wildman–Crippen LogP) is 3.17. The first-order chi connectivity index (χ1) is 8.87. The molecule has 0 bridgehead atoms. The number of carbonyl (C=O) groups is 1. The van der Waals surface area contributed by atoms with Gasteiger partial charge in [-0.15, -0.1) is 0 Å². The molecule has 3 N–H and O–H groups in total. The molecule has 0 heterocycles. The lowest BCUT2D eigenvalue weighted by Gasteiger charge is -2.27. The van der Waals surface area contributed by atoms with E-state index >= 15 is 0 Å². The van der Waals surface area contributed by atoms with Crippen molar-refractivity contribution in [2.24, 2.45) is 5.92 Å². The standard InChI is InChI=1S/C13H15F3N2O/c14-9-1-2-11(10(17)7-9)18-12(19)8-3-5-13(15,16)6-4-8/h1-2,7-8H,3-6,17H2,(H,18,19). The maximum absolute atomic E-state index is 13.0. The fourth-order valence-electron chi connectivity index (χ4n) is 2.18. The number of nitrogens with one attached hydrogen (secondary N) is 1. The summed E-state index contributed by atoms with van der Waals surface area (Å²) in [5.74, 6) is -3.93. The van der Waals surface area contributed by atoms with Crippen LogP contribution >= 0.6 is 0 Å². The molecule has 1 amide bonds. The van der Waals surface area contributed by atoms with Crippen molar-refractivity contribution in [3.05, 3.63) is 24.0 Å². The quantitative estimate of drug-likeness (QED) is 0.812. The number of nitrogen functional groups attached to an aromatic ring is 1. The summed E-state index contributed by atoms with van der Waals surface area (Å²) in [7, 11) is 0. The molecule has 104 valence electrons. The van der Waals surface area contributed by atoms with E-state index in [1.807, 2.05) is 0 Å². The smallest absolute Gasteiger partial charge is 0.248 e. The van der Waals surface area contributed by atoms with E-state index in [0.717, 1.165) is 6.07 Å². The molecule has 0 aliphatic heterocycles. The zero-order valence-electron chi connectivity index (χ0n) is 10.3. The Hall–Kier alpha value is -1.72. The number of nitrogens with two attached hydrogens (primary N) is 1. The highest BCUT2D eigenvalue weighted by Gasteiger charge is 2.37. The summed E-state index contributed by atoms with van der Waals surface area (Å²) < 4.78 is 38.8. The van der Waals surface area contributed by atoms with E-state index in [0.29, 0.717) is 5.69 Å².